The SMILES string of the molecule is CCN(CC)C(=O)[C@@H](NC1=C(C(C)=O)CCCCC1)C(C)C. The van der Waals surface area contributed by atoms with Crippen molar-refractivity contribution in [3.8, 4) is 0 Å². The Hall–Kier alpha value is -1.32. The maximum atomic E-state index is 12.7. The van der Waals surface area contributed by atoms with E-state index in [0.29, 0.717) is 0 Å². The van der Waals surface area contributed by atoms with Crippen LogP contribution in [0.5, 0.6) is 0 Å². The molecule has 0 aromatic heterocycles. The van der Waals surface area contributed by atoms with E-state index in [0.717, 1.165) is 56.5 Å². The smallest absolute Gasteiger partial charge is 0.245 e. The van der Waals surface area contributed by atoms with Crippen LogP contribution in [0.25, 0.3) is 0 Å². The zero-order valence-corrected chi connectivity index (χ0v) is 14.9. The van der Waals surface area contributed by atoms with Crippen molar-refractivity contribution in [2.75, 3.05) is 13.1 Å². The lowest BCUT2D eigenvalue weighted by Crippen LogP contribution is -2.49. The van der Waals surface area contributed by atoms with Crippen molar-refractivity contribution in [3.05, 3.63) is 11.3 Å². The van der Waals surface area contributed by atoms with Crippen molar-refractivity contribution in [2.24, 2.45) is 5.92 Å². The number of Topliss-reactive ketones (excluding diaryl/α,β-unsaturated/α-hetero) is 1. The molecule has 0 aliphatic heterocycles. The van der Waals surface area contributed by atoms with Crippen molar-refractivity contribution in [3.63, 3.8) is 0 Å². The number of hydrogen-bond acceptors (Lipinski definition) is 3. The minimum Gasteiger partial charge on any atom is -0.377 e. The first kappa shape index (κ1) is 18.7. The highest BCUT2D eigenvalue weighted by molar-refractivity contribution is 5.94. The Morgan fingerprint density at radius 2 is 1.68 bits per heavy atom. The predicted octanol–water partition coefficient (Wildman–Crippen LogP) is 3.28. The van der Waals surface area contributed by atoms with E-state index in [2.05, 4.69) is 19.2 Å². The number of hydrogen-bond donors (Lipinski definition) is 1. The zero-order valence-electron chi connectivity index (χ0n) is 14.9. The van der Waals surface area contributed by atoms with E-state index in [1.54, 1.807) is 6.92 Å². The average molecular weight is 308 g/mol. The summed E-state index contributed by atoms with van der Waals surface area (Å²) in [4.78, 5) is 26.5. The minimum atomic E-state index is -0.248. The average Bonchev–Trinajstić information content (AvgIpc) is 2.70. The monoisotopic (exact) mass is 308 g/mol. The van der Waals surface area contributed by atoms with Gasteiger partial charge in [0.1, 0.15) is 6.04 Å². The first-order valence-electron chi connectivity index (χ1n) is 8.70. The van der Waals surface area contributed by atoms with Gasteiger partial charge in [0, 0.05) is 24.4 Å². The number of nitrogens with one attached hydrogen (secondary N) is 1. The van der Waals surface area contributed by atoms with Crippen LogP contribution in [0.1, 0.15) is 66.7 Å². The fourth-order valence-electron chi connectivity index (χ4n) is 3.06. The Kier molecular flexibility index (Phi) is 7.63. The molecule has 0 unspecified atom stereocenters. The summed E-state index contributed by atoms with van der Waals surface area (Å²) >= 11 is 0. The van der Waals surface area contributed by atoms with Gasteiger partial charge in [0.2, 0.25) is 5.91 Å². The summed E-state index contributed by atoms with van der Waals surface area (Å²) in [6.07, 6.45) is 5.02. The third-order valence-corrected chi connectivity index (χ3v) is 4.48. The van der Waals surface area contributed by atoms with Crippen LogP contribution in [0.2, 0.25) is 0 Å². The second-order valence-electron chi connectivity index (χ2n) is 6.45. The first-order valence-corrected chi connectivity index (χ1v) is 8.70. The molecule has 4 nitrogen and oxygen atoms in total. The topological polar surface area (TPSA) is 49.4 Å². The van der Waals surface area contributed by atoms with E-state index in [1.807, 2.05) is 18.7 Å². The summed E-state index contributed by atoms with van der Waals surface area (Å²) in [5.41, 5.74) is 1.90. The molecule has 1 aliphatic rings. The highest BCUT2D eigenvalue weighted by Crippen LogP contribution is 2.24. The Balaban J connectivity index is 3.01. The second kappa shape index (κ2) is 8.96. The summed E-state index contributed by atoms with van der Waals surface area (Å²) in [7, 11) is 0. The van der Waals surface area contributed by atoms with Gasteiger partial charge in [-0.15, -0.1) is 0 Å². The first-order chi connectivity index (χ1) is 10.4. The minimum absolute atomic E-state index is 0.139. The molecule has 0 spiro atoms. The molecule has 0 radical (unpaired) electrons. The number of ketones is 1. The van der Waals surface area contributed by atoms with Crippen molar-refractivity contribution in [1.82, 2.24) is 10.2 Å². The quantitative estimate of drug-likeness (QED) is 0.785. The van der Waals surface area contributed by atoms with E-state index in [1.165, 1.54) is 0 Å². The van der Waals surface area contributed by atoms with Crippen LogP contribution < -0.4 is 5.32 Å². The van der Waals surface area contributed by atoms with E-state index >= 15 is 0 Å². The maximum Gasteiger partial charge on any atom is 0.245 e. The fraction of sp³-hybridized carbons (Fsp3) is 0.778. The molecule has 0 aromatic rings. The molecule has 0 bridgehead atoms. The molecule has 0 saturated heterocycles. The molecule has 0 aromatic carbocycles. The van der Waals surface area contributed by atoms with Crippen LogP contribution >= 0.6 is 0 Å². The third-order valence-electron chi connectivity index (χ3n) is 4.48. The number of allylic oxidation sites excluding steroid dienone is 2. The Morgan fingerprint density at radius 1 is 1.09 bits per heavy atom. The Morgan fingerprint density at radius 3 is 2.18 bits per heavy atom. The van der Waals surface area contributed by atoms with Gasteiger partial charge in [0.25, 0.3) is 0 Å². The van der Waals surface area contributed by atoms with Crippen LogP contribution in [-0.2, 0) is 9.59 Å². The number of amides is 1. The number of carbonyl (C=O) groups excluding carboxylic acids is 2. The highest BCUT2D eigenvalue weighted by Gasteiger charge is 2.27. The van der Waals surface area contributed by atoms with Gasteiger partial charge in [-0.05, 0) is 52.4 Å². The van der Waals surface area contributed by atoms with Gasteiger partial charge < -0.3 is 10.2 Å². The van der Waals surface area contributed by atoms with Crippen LogP contribution in [0.15, 0.2) is 11.3 Å². The lowest BCUT2D eigenvalue weighted by Gasteiger charge is -2.30. The zero-order chi connectivity index (χ0) is 16.7. The molecule has 1 rings (SSSR count). The molecule has 1 amide bonds. The van der Waals surface area contributed by atoms with Gasteiger partial charge in [-0.1, -0.05) is 20.3 Å². The number of nitrogens with zero attached hydrogens (tertiary/aromatic N) is 1. The van der Waals surface area contributed by atoms with Crippen molar-refractivity contribution in [1.29, 1.82) is 0 Å². The molecule has 0 heterocycles. The van der Waals surface area contributed by atoms with E-state index in [4.69, 9.17) is 0 Å². The Bertz CT molecular complexity index is 423. The molecule has 1 aliphatic carbocycles. The van der Waals surface area contributed by atoms with Crippen molar-refractivity contribution in [2.45, 2.75) is 72.8 Å². The number of likely N-dealkylation sites (N-methyl/N-ethyl adjacent to an activating group) is 1. The lowest BCUT2D eigenvalue weighted by atomic mass is 9.99. The largest absolute Gasteiger partial charge is 0.377 e. The standard InChI is InChI=1S/C18H32N2O2/c1-6-20(7-2)18(22)17(13(3)4)19-16-12-10-8-9-11-15(16)14(5)21/h13,17,19H,6-12H2,1-5H3/t17-/m0/s1. The van der Waals surface area contributed by atoms with Gasteiger partial charge in [0.05, 0.1) is 0 Å². The molecular formula is C18H32N2O2. The van der Waals surface area contributed by atoms with Gasteiger partial charge in [-0.2, -0.15) is 0 Å². The highest BCUT2D eigenvalue weighted by atomic mass is 16.2. The molecule has 126 valence electrons. The van der Waals surface area contributed by atoms with Gasteiger partial charge >= 0.3 is 0 Å². The molecule has 0 saturated carbocycles. The maximum absolute atomic E-state index is 12.7. The lowest BCUT2D eigenvalue weighted by molar-refractivity contribution is -0.134. The van der Waals surface area contributed by atoms with Gasteiger partial charge in [-0.3, -0.25) is 9.59 Å². The van der Waals surface area contributed by atoms with E-state index in [-0.39, 0.29) is 23.7 Å². The fourth-order valence-corrected chi connectivity index (χ4v) is 3.06. The Labute approximate surface area is 135 Å². The third kappa shape index (κ3) is 4.85. The van der Waals surface area contributed by atoms with E-state index in [9.17, 15) is 9.59 Å². The summed E-state index contributed by atoms with van der Waals surface area (Å²) in [5, 5.41) is 3.44. The van der Waals surface area contributed by atoms with Crippen LogP contribution in [0, 0.1) is 5.92 Å². The van der Waals surface area contributed by atoms with Crippen molar-refractivity contribution >= 4 is 11.7 Å². The van der Waals surface area contributed by atoms with E-state index < -0.39 is 0 Å². The molecule has 1 N–H and O–H groups in total. The normalized spacial score (nSPS) is 17.2. The molecule has 22 heavy (non-hydrogen) atoms. The summed E-state index contributed by atoms with van der Waals surface area (Å²) in [5.74, 6) is 0.471. The summed E-state index contributed by atoms with van der Waals surface area (Å²) in [6.45, 7) is 11.2. The molecule has 4 heteroatoms. The molecular weight excluding hydrogens is 276 g/mol. The number of carbonyl (C=O) groups is 2. The summed E-state index contributed by atoms with van der Waals surface area (Å²) < 4.78 is 0. The molecule has 0 fully saturated rings. The van der Waals surface area contributed by atoms with Crippen molar-refractivity contribution < 1.29 is 9.59 Å². The number of rotatable bonds is 7. The summed E-state index contributed by atoms with van der Waals surface area (Å²) in [6, 6.07) is -0.248. The van der Waals surface area contributed by atoms with Crippen LogP contribution in [0.3, 0.4) is 0 Å². The van der Waals surface area contributed by atoms with Crippen LogP contribution in [0.4, 0.5) is 0 Å². The van der Waals surface area contributed by atoms with Crippen LogP contribution in [-0.4, -0.2) is 35.7 Å². The van der Waals surface area contributed by atoms with Gasteiger partial charge in [0.15, 0.2) is 5.78 Å². The van der Waals surface area contributed by atoms with Gasteiger partial charge in [-0.25, -0.2) is 0 Å². The predicted molar refractivity (Wildman–Crippen MR) is 90.5 cm³/mol. The molecule has 1 atom stereocenters. The second-order valence-corrected chi connectivity index (χ2v) is 6.45.